The van der Waals surface area contributed by atoms with Gasteiger partial charge in [0.05, 0.1) is 17.3 Å². The number of rotatable bonds is 3. The standard InChI is InChI=1S/C14H16ClNO2/c1-14(2)6-5-12(18-14)9-17-13-7-11(15)4-3-10(13)8-16/h3-4,7,12H,5-6,9H2,1-2H3. The van der Waals surface area contributed by atoms with E-state index < -0.39 is 0 Å². The first-order valence-corrected chi connectivity index (χ1v) is 6.38. The van der Waals surface area contributed by atoms with E-state index >= 15 is 0 Å². The fraction of sp³-hybridized carbons (Fsp3) is 0.500. The molecule has 2 rings (SSSR count). The van der Waals surface area contributed by atoms with Crippen LogP contribution in [0.4, 0.5) is 0 Å². The highest BCUT2D eigenvalue weighted by molar-refractivity contribution is 6.30. The Hall–Kier alpha value is -1.24. The monoisotopic (exact) mass is 265 g/mol. The molecule has 0 spiro atoms. The second-order valence-corrected chi connectivity index (χ2v) is 5.54. The molecule has 4 heteroatoms. The molecule has 1 aromatic carbocycles. The summed E-state index contributed by atoms with van der Waals surface area (Å²) in [4.78, 5) is 0. The molecular formula is C14H16ClNO2. The van der Waals surface area contributed by atoms with Crippen LogP contribution in [0.25, 0.3) is 0 Å². The smallest absolute Gasteiger partial charge is 0.138 e. The molecule has 1 aliphatic rings. The van der Waals surface area contributed by atoms with Crippen molar-refractivity contribution in [1.29, 1.82) is 5.26 Å². The molecule has 0 saturated carbocycles. The van der Waals surface area contributed by atoms with Gasteiger partial charge in [-0.1, -0.05) is 11.6 Å². The lowest BCUT2D eigenvalue weighted by Gasteiger charge is -2.19. The van der Waals surface area contributed by atoms with Gasteiger partial charge in [0.2, 0.25) is 0 Å². The summed E-state index contributed by atoms with van der Waals surface area (Å²) in [6.07, 6.45) is 2.10. The van der Waals surface area contributed by atoms with Gasteiger partial charge in [0, 0.05) is 11.1 Å². The van der Waals surface area contributed by atoms with Crippen molar-refractivity contribution in [2.75, 3.05) is 6.61 Å². The number of benzene rings is 1. The summed E-state index contributed by atoms with van der Waals surface area (Å²) in [5.41, 5.74) is 0.428. The summed E-state index contributed by atoms with van der Waals surface area (Å²) in [6.45, 7) is 4.61. The van der Waals surface area contributed by atoms with Gasteiger partial charge in [-0.2, -0.15) is 5.26 Å². The van der Waals surface area contributed by atoms with E-state index in [-0.39, 0.29) is 11.7 Å². The van der Waals surface area contributed by atoms with Gasteiger partial charge in [0.1, 0.15) is 18.4 Å². The van der Waals surface area contributed by atoms with Crippen molar-refractivity contribution < 1.29 is 9.47 Å². The normalized spacial score (nSPS) is 21.6. The average molecular weight is 266 g/mol. The highest BCUT2D eigenvalue weighted by atomic mass is 35.5. The molecular weight excluding hydrogens is 250 g/mol. The third-order valence-corrected chi connectivity index (χ3v) is 3.28. The Morgan fingerprint density at radius 2 is 2.33 bits per heavy atom. The molecule has 1 unspecified atom stereocenters. The minimum Gasteiger partial charge on any atom is -0.489 e. The summed E-state index contributed by atoms with van der Waals surface area (Å²) in [6, 6.07) is 7.10. The highest BCUT2D eigenvalue weighted by Crippen LogP contribution is 2.30. The largest absolute Gasteiger partial charge is 0.489 e. The Kier molecular flexibility index (Phi) is 3.79. The van der Waals surface area contributed by atoms with E-state index in [0.29, 0.717) is 22.9 Å². The van der Waals surface area contributed by atoms with Crippen LogP contribution in [0.3, 0.4) is 0 Å². The molecule has 1 fully saturated rings. The van der Waals surface area contributed by atoms with Gasteiger partial charge >= 0.3 is 0 Å². The molecule has 1 aliphatic heterocycles. The van der Waals surface area contributed by atoms with E-state index in [0.717, 1.165) is 12.8 Å². The van der Waals surface area contributed by atoms with Crippen LogP contribution in [-0.2, 0) is 4.74 Å². The van der Waals surface area contributed by atoms with Crippen LogP contribution in [-0.4, -0.2) is 18.3 Å². The Labute approximate surface area is 112 Å². The molecule has 1 aromatic rings. The zero-order valence-electron chi connectivity index (χ0n) is 10.6. The number of nitriles is 1. The van der Waals surface area contributed by atoms with Crippen LogP contribution < -0.4 is 4.74 Å². The first kappa shape index (κ1) is 13.2. The van der Waals surface area contributed by atoms with Crippen LogP contribution in [0.1, 0.15) is 32.3 Å². The van der Waals surface area contributed by atoms with Gasteiger partial charge in [-0.15, -0.1) is 0 Å². The maximum absolute atomic E-state index is 8.98. The Morgan fingerprint density at radius 1 is 1.56 bits per heavy atom. The third kappa shape index (κ3) is 3.16. The van der Waals surface area contributed by atoms with Crippen LogP contribution in [0, 0.1) is 11.3 Å². The predicted molar refractivity (Wildman–Crippen MR) is 69.8 cm³/mol. The van der Waals surface area contributed by atoms with Gasteiger partial charge in [-0.3, -0.25) is 0 Å². The van der Waals surface area contributed by atoms with Crippen molar-refractivity contribution in [2.45, 2.75) is 38.4 Å². The summed E-state index contributed by atoms with van der Waals surface area (Å²) in [5.74, 6) is 0.526. The van der Waals surface area contributed by atoms with Crippen molar-refractivity contribution in [3.05, 3.63) is 28.8 Å². The minimum atomic E-state index is -0.0690. The maximum Gasteiger partial charge on any atom is 0.138 e. The fourth-order valence-corrected chi connectivity index (χ4v) is 2.25. The molecule has 1 atom stereocenters. The second kappa shape index (κ2) is 5.17. The van der Waals surface area contributed by atoms with Gasteiger partial charge < -0.3 is 9.47 Å². The number of halogens is 1. The zero-order chi connectivity index (χ0) is 13.2. The van der Waals surface area contributed by atoms with Crippen molar-refractivity contribution in [3.8, 4) is 11.8 Å². The van der Waals surface area contributed by atoms with Crippen molar-refractivity contribution in [1.82, 2.24) is 0 Å². The molecule has 0 bridgehead atoms. The van der Waals surface area contributed by atoms with E-state index in [1.54, 1.807) is 18.2 Å². The van der Waals surface area contributed by atoms with E-state index in [4.69, 9.17) is 26.3 Å². The zero-order valence-corrected chi connectivity index (χ0v) is 11.3. The Balaban J connectivity index is 1.99. The van der Waals surface area contributed by atoms with E-state index in [2.05, 4.69) is 19.9 Å². The van der Waals surface area contributed by atoms with E-state index in [9.17, 15) is 0 Å². The van der Waals surface area contributed by atoms with E-state index in [1.807, 2.05) is 0 Å². The number of ether oxygens (including phenoxy) is 2. The Morgan fingerprint density at radius 3 is 2.94 bits per heavy atom. The van der Waals surface area contributed by atoms with Crippen LogP contribution >= 0.6 is 11.6 Å². The van der Waals surface area contributed by atoms with Crippen molar-refractivity contribution >= 4 is 11.6 Å². The fourth-order valence-electron chi connectivity index (χ4n) is 2.09. The molecule has 0 aliphatic carbocycles. The van der Waals surface area contributed by atoms with Crippen molar-refractivity contribution in [3.63, 3.8) is 0 Å². The van der Waals surface area contributed by atoms with Gasteiger partial charge in [0.25, 0.3) is 0 Å². The SMILES string of the molecule is CC1(C)CCC(COc2cc(Cl)ccc2C#N)O1. The molecule has 1 heterocycles. The molecule has 3 nitrogen and oxygen atoms in total. The summed E-state index contributed by atoms with van der Waals surface area (Å²) in [5, 5.41) is 9.55. The van der Waals surface area contributed by atoms with Gasteiger partial charge in [-0.05, 0) is 38.8 Å². The topological polar surface area (TPSA) is 42.2 Å². The highest BCUT2D eigenvalue weighted by Gasteiger charge is 2.32. The number of hydrogen-bond donors (Lipinski definition) is 0. The molecule has 0 N–H and O–H groups in total. The number of hydrogen-bond acceptors (Lipinski definition) is 3. The predicted octanol–water partition coefficient (Wildman–Crippen LogP) is 3.55. The lowest BCUT2D eigenvalue weighted by atomic mass is 10.1. The molecule has 96 valence electrons. The molecule has 0 amide bonds. The van der Waals surface area contributed by atoms with Crippen LogP contribution in [0.5, 0.6) is 5.75 Å². The quantitative estimate of drug-likeness (QED) is 0.839. The van der Waals surface area contributed by atoms with Crippen LogP contribution in [0.15, 0.2) is 18.2 Å². The first-order valence-electron chi connectivity index (χ1n) is 6.00. The van der Waals surface area contributed by atoms with Crippen LogP contribution in [0.2, 0.25) is 5.02 Å². The summed E-state index contributed by atoms with van der Waals surface area (Å²) >= 11 is 5.89. The molecule has 1 saturated heterocycles. The molecule has 0 radical (unpaired) electrons. The first-order chi connectivity index (χ1) is 8.50. The lowest BCUT2D eigenvalue weighted by molar-refractivity contribution is -0.0326. The van der Waals surface area contributed by atoms with Gasteiger partial charge in [-0.25, -0.2) is 0 Å². The molecule has 18 heavy (non-hydrogen) atoms. The van der Waals surface area contributed by atoms with E-state index in [1.165, 1.54) is 0 Å². The third-order valence-electron chi connectivity index (χ3n) is 3.04. The second-order valence-electron chi connectivity index (χ2n) is 5.10. The summed E-state index contributed by atoms with van der Waals surface area (Å²) < 4.78 is 11.5. The van der Waals surface area contributed by atoms with Crippen molar-refractivity contribution in [2.24, 2.45) is 0 Å². The maximum atomic E-state index is 8.98. The average Bonchev–Trinajstić information content (AvgIpc) is 2.66. The minimum absolute atomic E-state index is 0.0690. The Bertz CT molecular complexity index is 479. The summed E-state index contributed by atoms with van der Waals surface area (Å²) in [7, 11) is 0. The number of nitrogens with zero attached hydrogens (tertiary/aromatic N) is 1. The molecule has 0 aromatic heterocycles. The lowest BCUT2D eigenvalue weighted by Crippen LogP contribution is -2.24. The van der Waals surface area contributed by atoms with Gasteiger partial charge in [0.15, 0.2) is 0 Å².